The standard InChI is InChI=1S/2C23H25ClN4O5/c2*1-4-28-18-12-11-16(13-17(18)27-23(28)31)26-20(22(30)33-6-3)19(21(29)32-5-2)25-15-9-7-14(24)8-10-15/h2*7-13,25-26H,4-6H2,1-3H3,(H,27,31)/b20-19+;20-19-. The van der Waals surface area contributed by atoms with Gasteiger partial charge in [-0.25, -0.2) is 28.8 Å². The highest BCUT2D eigenvalue weighted by molar-refractivity contribution is 6.31. The van der Waals surface area contributed by atoms with E-state index in [0.717, 1.165) is 11.0 Å². The van der Waals surface area contributed by atoms with E-state index in [4.69, 9.17) is 42.1 Å². The van der Waals surface area contributed by atoms with Gasteiger partial charge in [-0.15, -0.1) is 0 Å². The molecule has 0 fully saturated rings. The summed E-state index contributed by atoms with van der Waals surface area (Å²) in [5, 5.41) is 12.8. The van der Waals surface area contributed by atoms with Crippen molar-refractivity contribution in [2.75, 3.05) is 47.7 Å². The van der Waals surface area contributed by atoms with Crippen molar-refractivity contribution >= 4 is 91.9 Å². The van der Waals surface area contributed by atoms with Crippen molar-refractivity contribution in [3.8, 4) is 0 Å². The molecule has 0 aliphatic rings. The second-order valence-corrected chi connectivity index (χ2v) is 14.6. The van der Waals surface area contributed by atoms with E-state index < -0.39 is 23.9 Å². The number of hydrogen-bond acceptors (Lipinski definition) is 14. The minimum Gasteiger partial charge on any atom is -0.461 e. The van der Waals surface area contributed by atoms with Gasteiger partial charge < -0.3 is 50.2 Å². The maximum absolute atomic E-state index is 12.8. The smallest absolute Gasteiger partial charge is 0.357 e. The highest BCUT2D eigenvalue weighted by atomic mass is 35.5. The third-order valence-corrected chi connectivity index (χ3v) is 9.87. The van der Waals surface area contributed by atoms with Gasteiger partial charge in [0, 0.05) is 45.9 Å². The monoisotopic (exact) mass is 944 g/mol. The van der Waals surface area contributed by atoms with Gasteiger partial charge in [-0.2, -0.15) is 0 Å². The SMILES string of the molecule is CCOC(=O)/C(Nc1ccc(Cl)cc1)=C(/Nc1ccc2c(c1)[nH]c(=O)n2CC)C(=O)OCC.CCOC(=O)/C(Nc1ccc(Cl)cc1)=C(\Nc1ccc2c(c1)[nH]c(=O)n2CC)C(=O)OCC. The van der Waals surface area contributed by atoms with Crippen LogP contribution in [0, 0.1) is 0 Å². The number of benzene rings is 4. The zero-order valence-corrected chi connectivity index (χ0v) is 38.6. The fourth-order valence-corrected chi connectivity index (χ4v) is 6.68. The highest BCUT2D eigenvalue weighted by Gasteiger charge is 2.26. The first-order valence-electron chi connectivity index (χ1n) is 21.0. The summed E-state index contributed by atoms with van der Waals surface area (Å²) < 4.78 is 23.9. The Labute approximate surface area is 388 Å². The van der Waals surface area contributed by atoms with Crippen molar-refractivity contribution in [2.24, 2.45) is 0 Å². The lowest BCUT2D eigenvalue weighted by molar-refractivity contribution is -0.141. The average molecular weight is 946 g/mol. The molecule has 0 aliphatic carbocycles. The first kappa shape index (κ1) is 49.6. The van der Waals surface area contributed by atoms with Gasteiger partial charge in [0.25, 0.3) is 0 Å². The molecular formula is C46H50Cl2N8O10. The molecule has 0 bridgehead atoms. The molecule has 0 amide bonds. The van der Waals surface area contributed by atoms with Crippen molar-refractivity contribution in [3.63, 3.8) is 0 Å². The Morgan fingerprint density at radius 3 is 1.00 bits per heavy atom. The molecule has 2 aromatic heterocycles. The number of aryl methyl sites for hydroxylation is 2. The molecule has 4 aromatic carbocycles. The molecule has 18 nitrogen and oxygen atoms in total. The van der Waals surface area contributed by atoms with Crippen LogP contribution >= 0.6 is 23.2 Å². The van der Waals surface area contributed by atoms with E-state index in [2.05, 4.69) is 31.2 Å². The summed E-state index contributed by atoms with van der Waals surface area (Å²) in [5.41, 5.74) is 3.58. The minimum absolute atomic E-state index is 0.104. The Morgan fingerprint density at radius 2 is 0.727 bits per heavy atom. The second kappa shape index (κ2) is 23.5. The number of nitrogens with one attached hydrogen (secondary N) is 6. The molecule has 348 valence electrons. The van der Waals surface area contributed by atoms with Gasteiger partial charge in [-0.1, -0.05) is 23.2 Å². The maximum atomic E-state index is 12.8. The molecule has 0 saturated heterocycles. The van der Waals surface area contributed by atoms with Crippen LogP contribution in [-0.2, 0) is 51.2 Å². The molecule has 0 atom stereocenters. The lowest BCUT2D eigenvalue weighted by atomic mass is 10.2. The Balaban J connectivity index is 0.000000247. The van der Waals surface area contributed by atoms with Crippen molar-refractivity contribution in [3.05, 3.63) is 139 Å². The van der Waals surface area contributed by atoms with Crippen LogP contribution in [0.1, 0.15) is 41.5 Å². The van der Waals surface area contributed by atoms with Crippen LogP contribution in [0.2, 0.25) is 10.0 Å². The molecule has 0 radical (unpaired) electrons. The molecule has 2 heterocycles. The predicted octanol–water partition coefficient (Wildman–Crippen LogP) is 7.73. The Bertz CT molecular complexity index is 2680. The summed E-state index contributed by atoms with van der Waals surface area (Å²) in [6.07, 6.45) is 0. The van der Waals surface area contributed by atoms with E-state index in [-0.39, 0.29) is 60.6 Å². The fourth-order valence-electron chi connectivity index (χ4n) is 6.43. The van der Waals surface area contributed by atoms with Gasteiger partial charge in [0.2, 0.25) is 0 Å². The van der Waals surface area contributed by atoms with Crippen molar-refractivity contribution in [1.82, 2.24) is 19.1 Å². The number of fused-ring (bicyclic) bond motifs is 2. The number of aromatic nitrogens is 4. The van der Waals surface area contributed by atoms with E-state index in [1.165, 1.54) is 0 Å². The Hall–Kier alpha value is -7.44. The van der Waals surface area contributed by atoms with Gasteiger partial charge in [0.15, 0.2) is 22.8 Å². The first-order valence-corrected chi connectivity index (χ1v) is 21.7. The van der Waals surface area contributed by atoms with E-state index >= 15 is 0 Å². The molecule has 6 rings (SSSR count). The number of H-pyrrole nitrogens is 2. The van der Waals surface area contributed by atoms with Gasteiger partial charge in [-0.3, -0.25) is 9.13 Å². The molecule has 20 heteroatoms. The number of hydrogen-bond donors (Lipinski definition) is 6. The summed E-state index contributed by atoms with van der Waals surface area (Å²) in [7, 11) is 0. The van der Waals surface area contributed by atoms with Crippen LogP contribution in [0.4, 0.5) is 22.7 Å². The van der Waals surface area contributed by atoms with Gasteiger partial charge in [0.1, 0.15) is 0 Å². The fraction of sp³-hybridized carbons (Fsp3) is 0.261. The lowest BCUT2D eigenvalue weighted by Gasteiger charge is -2.17. The molecule has 0 unspecified atom stereocenters. The maximum Gasteiger partial charge on any atom is 0.357 e. The number of nitrogens with zero attached hydrogens (tertiary/aromatic N) is 2. The van der Waals surface area contributed by atoms with Crippen LogP contribution in [0.25, 0.3) is 22.1 Å². The predicted molar refractivity (Wildman–Crippen MR) is 254 cm³/mol. The number of ether oxygens (including phenoxy) is 4. The highest BCUT2D eigenvalue weighted by Crippen LogP contribution is 2.25. The summed E-state index contributed by atoms with van der Waals surface area (Å²) in [4.78, 5) is 81.0. The van der Waals surface area contributed by atoms with Crippen LogP contribution in [0.3, 0.4) is 0 Å². The van der Waals surface area contributed by atoms with Crippen LogP contribution in [0.5, 0.6) is 0 Å². The molecule has 66 heavy (non-hydrogen) atoms. The number of rotatable bonds is 18. The summed E-state index contributed by atoms with van der Waals surface area (Å²) >= 11 is 11.9. The van der Waals surface area contributed by atoms with Gasteiger partial charge >= 0.3 is 35.3 Å². The number of anilines is 4. The Morgan fingerprint density at radius 1 is 0.455 bits per heavy atom. The third-order valence-electron chi connectivity index (χ3n) is 9.36. The van der Waals surface area contributed by atoms with E-state index in [9.17, 15) is 28.8 Å². The topological polar surface area (TPSA) is 229 Å². The number of imidazole rings is 2. The Kier molecular flexibility index (Phi) is 17.6. The molecule has 0 spiro atoms. The molecular weight excluding hydrogens is 895 g/mol. The molecule has 0 saturated carbocycles. The zero-order valence-electron chi connectivity index (χ0n) is 37.1. The van der Waals surface area contributed by atoms with Crippen molar-refractivity contribution in [1.29, 1.82) is 0 Å². The van der Waals surface area contributed by atoms with Gasteiger partial charge in [0.05, 0.1) is 48.5 Å². The van der Waals surface area contributed by atoms with Crippen LogP contribution < -0.4 is 32.6 Å². The summed E-state index contributed by atoms with van der Waals surface area (Å²) in [6.45, 7) is 11.8. The minimum atomic E-state index is -0.748. The van der Waals surface area contributed by atoms with Crippen LogP contribution in [0.15, 0.2) is 117 Å². The molecule has 6 aromatic rings. The summed E-state index contributed by atoms with van der Waals surface area (Å²) in [6, 6.07) is 23.5. The third kappa shape index (κ3) is 12.4. The van der Waals surface area contributed by atoms with E-state index in [1.54, 1.807) is 122 Å². The lowest BCUT2D eigenvalue weighted by Crippen LogP contribution is -2.25. The average Bonchev–Trinajstić information content (AvgIpc) is 3.80. The number of carbonyl (C=O) groups excluding carboxylic acids is 4. The second-order valence-electron chi connectivity index (χ2n) is 13.7. The number of halogens is 2. The molecule has 6 N–H and O–H groups in total. The number of carbonyl (C=O) groups is 4. The quantitative estimate of drug-likeness (QED) is 0.0275. The largest absolute Gasteiger partial charge is 0.461 e. The van der Waals surface area contributed by atoms with E-state index in [0.29, 0.717) is 56.9 Å². The number of aromatic amines is 2. The van der Waals surface area contributed by atoms with Crippen molar-refractivity contribution < 1.29 is 38.1 Å². The van der Waals surface area contributed by atoms with Gasteiger partial charge in [-0.05, 0) is 126 Å². The summed E-state index contributed by atoms with van der Waals surface area (Å²) in [5.74, 6) is -2.98. The number of esters is 4. The van der Waals surface area contributed by atoms with E-state index in [1.807, 2.05) is 13.8 Å². The zero-order chi connectivity index (χ0) is 47.9. The normalized spacial score (nSPS) is 11.6. The first-order chi connectivity index (χ1) is 31.7. The van der Waals surface area contributed by atoms with Crippen LogP contribution in [-0.4, -0.2) is 69.4 Å². The molecule has 0 aliphatic heterocycles. The van der Waals surface area contributed by atoms with Crippen molar-refractivity contribution in [2.45, 2.75) is 54.6 Å².